The average molecular weight is 284 g/mol. The molecule has 2 rings (SSSR count). The topological polar surface area (TPSA) is 62.9 Å². The molecular formula is C16H20N4O. The first-order chi connectivity index (χ1) is 10.2. The molecule has 1 heterocycles. The molecule has 5 heteroatoms. The highest BCUT2D eigenvalue weighted by Gasteiger charge is 2.04. The Bertz CT molecular complexity index is 571. The van der Waals surface area contributed by atoms with Crippen LogP contribution in [0, 0.1) is 11.3 Å². The van der Waals surface area contributed by atoms with Gasteiger partial charge >= 0.3 is 0 Å². The molecule has 1 aromatic carbocycles. The lowest BCUT2D eigenvalue weighted by Gasteiger charge is -2.14. The maximum Gasteiger partial charge on any atom is 0.181 e. The summed E-state index contributed by atoms with van der Waals surface area (Å²) in [5.41, 5.74) is 1.18. The Morgan fingerprint density at radius 2 is 2.10 bits per heavy atom. The van der Waals surface area contributed by atoms with Gasteiger partial charge in [-0.15, -0.1) is 0 Å². The lowest BCUT2D eigenvalue weighted by molar-refractivity contribution is 0.276. The van der Waals surface area contributed by atoms with Gasteiger partial charge in [0.2, 0.25) is 0 Å². The fraction of sp³-hybridized carbons (Fsp3) is 0.375. The van der Waals surface area contributed by atoms with Crippen LogP contribution in [-0.4, -0.2) is 21.9 Å². The molecule has 0 saturated heterocycles. The molecule has 0 amide bonds. The van der Waals surface area contributed by atoms with Gasteiger partial charge in [-0.25, -0.2) is 0 Å². The van der Waals surface area contributed by atoms with E-state index in [2.05, 4.69) is 17.3 Å². The Morgan fingerprint density at radius 3 is 2.71 bits per heavy atom. The largest absolute Gasteiger partial charge is 0.476 e. The molecule has 0 aliphatic heterocycles. The van der Waals surface area contributed by atoms with Gasteiger partial charge in [0.05, 0.1) is 6.54 Å². The molecule has 0 spiro atoms. The van der Waals surface area contributed by atoms with Gasteiger partial charge in [-0.2, -0.15) is 10.4 Å². The van der Waals surface area contributed by atoms with E-state index in [4.69, 9.17) is 10.00 Å². The van der Waals surface area contributed by atoms with Gasteiger partial charge in [0.15, 0.2) is 6.10 Å². The van der Waals surface area contributed by atoms with E-state index in [1.54, 1.807) is 13.1 Å². The monoisotopic (exact) mass is 284 g/mol. The van der Waals surface area contributed by atoms with E-state index in [-0.39, 0.29) is 0 Å². The fourth-order valence-electron chi connectivity index (χ4n) is 1.96. The zero-order valence-corrected chi connectivity index (χ0v) is 12.4. The highest BCUT2D eigenvalue weighted by molar-refractivity contribution is 5.27. The zero-order valence-electron chi connectivity index (χ0n) is 12.4. The van der Waals surface area contributed by atoms with Gasteiger partial charge in [0.1, 0.15) is 11.8 Å². The smallest absolute Gasteiger partial charge is 0.181 e. The van der Waals surface area contributed by atoms with Gasteiger partial charge in [-0.1, -0.05) is 12.1 Å². The minimum absolute atomic E-state index is 0.333. The summed E-state index contributed by atoms with van der Waals surface area (Å²) >= 11 is 0. The zero-order chi connectivity index (χ0) is 15.1. The molecule has 1 N–H and O–H groups in total. The molecule has 21 heavy (non-hydrogen) atoms. The van der Waals surface area contributed by atoms with Crippen LogP contribution < -0.4 is 10.1 Å². The molecule has 0 aliphatic rings. The van der Waals surface area contributed by atoms with E-state index in [9.17, 15) is 0 Å². The van der Waals surface area contributed by atoms with E-state index in [1.807, 2.05) is 47.3 Å². The predicted octanol–water partition coefficient (Wildman–Crippen LogP) is 2.35. The van der Waals surface area contributed by atoms with Crippen LogP contribution in [0.4, 0.5) is 0 Å². The number of hydrogen-bond acceptors (Lipinski definition) is 4. The lowest BCUT2D eigenvalue weighted by Crippen LogP contribution is -2.30. The Kier molecular flexibility index (Phi) is 5.35. The van der Waals surface area contributed by atoms with Crippen molar-refractivity contribution < 1.29 is 4.74 Å². The van der Waals surface area contributed by atoms with Crippen LogP contribution in [0.1, 0.15) is 19.4 Å². The summed E-state index contributed by atoms with van der Waals surface area (Å²) in [6.45, 7) is 5.49. The number of nitrogens with one attached hydrogen (secondary N) is 1. The van der Waals surface area contributed by atoms with Crippen LogP contribution in [-0.2, 0) is 13.1 Å². The molecule has 0 saturated carbocycles. The molecule has 5 nitrogen and oxygen atoms in total. The lowest BCUT2D eigenvalue weighted by atomic mass is 10.2. The van der Waals surface area contributed by atoms with Gasteiger partial charge in [0, 0.05) is 25.0 Å². The molecule has 0 radical (unpaired) electrons. The van der Waals surface area contributed by atoms with Crippen molar-refractivity contribution in [3.8, 4) is 11.8 Å². The molecule has 2 atom stereocenters. The maximum absolute atomic E-state index is 8.71. The molecule has 0 fully saturated rings. The van der Waals surface area contributed by atoms with E-state index in [1.165, 1.54) is 5.56 Å². The van der Waals surface area contributed by atoms with Crippen LogP contribution in [0.5, 0.6) is 5.75 Å². The Morgan fingerprint density at radius 1 is 1.33 bits per heavy atom. The Balaban J connectivity index is 1.79. The molecule has 1 aromatic heterocycles. The Hall–Kier alpha value is -2.32. The van der Waals surface area contributed by atoms with E-state index in [0.29, 0.717) is 6.04 Å². The quantitative estimate of drug-likeness (QED) is 0.847. The van der Waals surface area contributed by atoms with Crippen LogP contribution >= 0.6 is 0 Å². The normalized spacial score (nSPS) is 13.4. The third kappa shape index (κ3) is 4.93. The molecule has 2 aromatic rings. The summed E-state index contributed by atoms with van der Waals surface area (Å²) in [6, 6.07) is 12.1. The van der Waals surface area contributed by atoms with Crippen molar-refractivity contribution in [2.24, 2.45) is 0 Å². The van der Waals surface area contributed by atoms with E-state index < -0.39 is 6.10 Å². The number of benzene rings is 1. The van der Waals surface area contributed by atoms with Crippen LogP contribution in [0.3, 0.4) is 0 Å². The van der Waals surface area contributed by atoms with Crippen molar-refractivity contribution >= 4 is 0 Å². The Labute approximate surface area is 125 Å². The van der Waals surface area contributed by atoms with Gasteiger partial charge in [-0.3, -0.25) is 4.68 Å². The number of hydrogen-bond donors (Lipinski definition) is 1. The molecule has 110 valence electrons. The number of nitriles is 1. The van der Waals surface area contributed by atoms with Crippen molar-refractivity contribution in [2.45, 2.75) is 39.1 Å². The van der Waals surface area contributed by atoms with Crippen molar-refractivity contribution in [1.29, 1.82) is 5.26 Å². The van der Waals surface area contributed by atoms with Crippen molar-refractivity contribution in [3.05, 3.63) is 48.3 Å². The van der Waals surface area contributed by atoms with Gasteiger partial charge < -0.3 is 10.1 Å². The second kappa shape index (κ2) is 7.46. The number of nitrogens with zero attached hydrogens (tertiary/aromatic N) is 3. The molecule has 0 bridgehead atoms. The van der Waals surface area contributed by atoms with E-state index >= 15 is 0 Å². The first-order valence-electron chi connectivity index (χ1n) is 7.03. The van der Waals surface area contributed by atoms with Gasteiger partial charge in [0.25, 0.3) is 0 Å². The van der Waals surface area contributed by atoms with Crippen LogP contribution in [0.15, 0.2) is 42.7 Å². The number of ether oxygens (including phenoxy) is 1. The number of aromatic nitrogens is 2. The molecule has 0 aliphatic carbocycles. The molecular weight excluding hydrogens is 264 g/mol. The van der Waals surface area contributed by atoms with Crippen molar-refractivity contribution in [1.82, 2.24) is 15.1 Å². The fourth-order valence-corrected chi connectivity index (χ4v) is 1.96. The summed E-state index contributed by atoms with van der Waals surface area (Å²) < 4.78 is 7.34. The summed E-state index contributed by atoms with van der Waals surface area (Å²) in [7, 11) is 0. The van der Waals surface area contributed by atoms with Crippen molar-refractivity contribution in [3.63, 3.8) is 0 Å². The van der Waals surface area contributed by atoms with Crippen LogP contribution in [0.25, 0.3) is 0 Å². The average Bonchev–Trinajstić information content (AvgIpc) is 2.99. The van der Waals surface area contributed by atoms with Crippen LogP contribution in [0.2, 0.25) is 0 Å². The summed E-state index contributed by atoms with van der Waals surface area (Å²) in [5, 5.41) is 16.4. The maximum atomic E-state index is 8.71. The molecule has 2 unspecified atom stereocenters. The van der Waals surface area contributed by atoms with E-state index in [0.717, 1.165) is 18.8 Å². The second-order valence-corrected chi connectivity index (χ2v) is 5.04. The summed E-state index contributed by atoms with van der Waals surface area (Å²) in [5.74, 6) is 0.720. The third-order valence-corrected chi connectivity index (χ3v) is 3.09. The first-order valence-corrected chi connectivity index (χ1v) is 7.03. The highest BCUT2D eigenvalue weighted by Crippen LogP contribution is 2.13. The number of rotatable bonds is 7. The highest BCUT2D eigenvalue weighted by atomic mass is 16.5. The third-order valence-electron chi connectivity index (χ3n) is 3.09. The first kappa shape index (κ1) is 15.1. The summed E-state index contributed by atoms with van der Waals surface area (Å²) in [6.07, 6.45) is 3.32. The van der Waals surface area contributed by atoms with Gasteiger partial charge in [-0.05, 0) is 37.6 Å². The van der Waals surface area contributed by atoms with Crippen molar-refractivity contribution in [2.75, 3.05) is 0 Å². The SMILES string of the molecule is CC(Cn1cccn1)NCc1ccc(OC(C)C#N)cc1. The standard InChI is InChI=1S/C16H20N4O/c1-13(12-20-9-3-8-19-20)18-11-15-4-6-16(7-5-15)21-14(2)10-17/h3-9,13-14,18H,11-12H2,1-2H3. The second-order valence-electron chi connectivity index (χ2n) is 5.04. The minimum Gasteiger partial charge on any atom is -0.476 e. The summed E-state index contributed by atoms with van der Waals surface area (Å²) in [4.78, 5) is 0. The predicted molar refractivity (Wildman–Crippen MR) is 80.7 cm³/mol. The minimum atomic E-state index is -0.428.